The van der Waals surface area contributed by atoms with E-state index in [1.54, 1.807) is 24.3 Å². The molecule has 2 rings (SSSR count). The second-order valence-electron chi connectivity index (χ2n) is 4.14. The van der Waals surface area contributed by atoms with Gasteiger partial charge in [0.2, 0.25) is 6.08 Å². The molecule has 0 saturated carbocycles. The van der Waals surface area contributed by atoms with Gasteiger partial charge < -0.3 is 9.47 Å². The van der Waals surface area contributed by atoms with Crippen LogP contribution >= 0.6 is 0 Å². The van der Waals surface area contributed by atoms with Crippen LogP contribution in [-0.2, 0) is 11.0 Å². The summed E-state index contributed by atoms with van der Waals surface area (Å²) in [7, 11) is 1.43. The summed E-state index contributed by atoms with van der Waals surface area (Å²) < 4.78 is 48.6. The molecule has 0 radical (unpaired) electrons. The van der Waals surface area contributed by atoms with Crippen LogP contribution in [0, 0.1) is 0 Å². The van der Waals surface area contributed by atoms with Crippen LogP contribution in [0.2, 0.25) is 0 Å². The molecule has 114 valence electrons. The lowest BCUT2D eigenvalue weighted by molar-refractivity contribution is -0.137. The number of rotatable bonds is 4. The Hall–Kier alpha value is -2.79. The minimum atomic E-state index is -4.55. The number of methoxy groups -OCH3 is 1. The van der Waals surface area contributed by atoms with Gasteiger partial charge in [0, 0.05) is 0 Å². The number of carbonyl (C=O) groups excluding carboxylic acids is 1. The van der Waals surface area contributed by atoms with Gasteiger partial charge in [0.05, 0.1) is 12.7 Å². The second kappa shape index (κ2) is 6.32. The summed E-state index contributed by atoms with van der Waals surface area (Å²) >= 11 is 0. The molecule has 0 saturated heterocycles. The smallest absolute Gasteiger partial charge is 0.416 e. The quantitative estimate of drug-likeness (QED) is 0.618. The Balaban J connectivity index is 2.44. The first-order valence-corrected chi connectivity index (χ1v) is 6.05. The predicted molar refractivity (Wildman–Crippen MR) is 72.3 cm³/mol. The molecule has 7 heteroatoms. The molecule has 0 bridgehead atoms. The highest BCUT2D eigenvalue weighted by atomic mass is 19.4. The number of aliphatic imine (C=N–C) groups is 1. The van der Waals surface area contributed by atoms with Crippen LogP contribution in [0.15, 0.2) is 47.5 Å². The van der Waals surface area contributed by atoms with Gasteiger partial charge in [-0.25, -0.2) is 4.79 Å². The number of isocyanates is 1. The van der Waals surface area contributed by atoms with Crippen molar-refractivity contribution in [3.63, 3.8) is 0 Å². The van der Waals surface area contributed by atoms with E-state index in [9.17, 15) is 18.0 Å². The fourth-order valence-electron chi connectivity index (χ4n) is 1.74. The molecule has 0 heterocycles. The molecule has 22 heavy (non-hydrogen) atoms. The Bertz CT molecular complexity index is 722. The van der Waals surface area contributed by atoms with Gasteiger partial charge in [-0.3, -0.25) is 0 Å². The van der Waals surface area contributed by atoms with Gasteiger partial charge in [-0.1, -0.05) is 12.1 Å². The fraction of sp³-hybridized carbons (Fsp3) is 0.133. The first-order chi connectivity index (χ1) is 10.5. The summed E-state index contributed by atoms with van der Waals surface area (Å²) in [6, 6.07) is 9.23. The van der Waals surface area contributed by atoms with Crippen LogP contribution in [0.25, 0.3) is 0 Å². The van der Waals surface area contributed by atoms with Gasteiger partial charge in [-0.15, -0.1) is 0 Å². The summed E-state index contributed by atoms with van der Waals surface area (Å²) in [6.07, 6.45) is -3.33. The van der Waals surface area contributed by atoms with Gasteiger partial charge in [-0.2, -0.15) is 18.2 Å². The number of alkyl halides is 3. The third kappa shape index (κ3) is 3.45. The number of halogens is 3. The Kier molecular flexibility index (Phi) is 4.48. The average Bonchev–Trinajstić information content (AvgIpc) is 2.48. The monoisotopic (exact) mass is 309 g/mol. The van der Waals surface area contributed by atoms with E-state index < -0.39 is 11.7 Å². The lowest BCUT2D eigenvalue weighted by Gasteiger charge is -2.13. The molecule has 2 aromatic rings. The van der Waals surface area contributed by atoms with Crippen molar-refractivity contribution >= 4 is 11.8 Å². The first kappa shape index (κ1) is 15.6. The highest BCUT2D eigenvalue weighted by molar-refractivity contribution is 5.61. The largest absolute Gasteiger partial charge is 0.493 e. The molecule has 0 N–H and O–H groups in total. The molecule has 0 aliphatic rings. The molecule has 0 unspecified atom stereocenters. The highest BCUT2D eigenvalue weighted by Crippen LogP contribution is 2.39. The SMILES string of the molecule is COc1ccccc1Oc1ccc(C(F)(F)F)cc1N=C=O. The minimum absolute atomic E-state index is 0.0131. The maximum atomic E-state index is 12.7. The van der Waals surface area contributed by atoms with Gasteiger partial charge in [-0.05, 0) is 30.3 Å². The molecule has 0 fully saturated rings. The maximum absolute atomic E-state index is 12.7. The van der Waals surface area contributed by atoms with Crippen LogP contribution in [0.4, 0.5) is 18.9 Å². The van der Waals surface area contributed by atoms with E-state index in [0.717, 1.165) is 18.2 Å². The molecule has 2 aromatic carbocycles. The Labute approximate surface area is 123 Å². The molecular formula is C15H10F3NO3. The van der Waals surface area contributed by atoms with E-state index in [0.29, 0.717) is 5.75 Å². The van der Waals surface area contributed by atoms with E-state index in [1.807, 2.05) is 0 Å². The maximum Gasteiger partial charge on any atom is 0.416 e. The predicted octanol–water partition coefficient (Wildman–Crippen LogP) is 4.47. The standard InChI is InChI=1S/C15H10F3NO3/c1-21-13-4-2-3-5-14(13)22-12-7-6-10(15(16,17)18)8-11(12)19-9-20/h2-8H,1H3. The van der Waals surface area contributed by atoms with Crippen molar-refractivity contribution in [2.45, 2.75) is 6.18 Å². The Morgan fingerprint density at radius 3 is 2.32 bits per heavy atom. The van der Waals surface area contributed by atoms with Crippen molar-refractivity contribution in [2.24, 2.45) is 4.99 Å². The zero-order valence-corrected chi connectivity index (χ0v) is 11.3. The second-order valence-corrected chi connectivity index (χ2v) is 4.14. The molecule has 0 aliphatic heterocycles. The molecule has 4 nitrogen and oxygen atoms in total. The van der Waals surface area contributed by atoms with E-state index in [-0.39, 0.29) is 17.2 Å². The number of para-hydroxylation sites is 2. The Morgan fingerprint density at radius 2 is 1.73 bits per heavy atom. The van der Waals surface area contributed by atoms with Crippen LogP contribution in [0.5, 0.6) is 17.2 Å². The minimum Gasteiger partial charge on any atom is -0.493 e. The summed E-state index contributed by atoms with van der Waals surface area (Å²) in [5, 5.41) is 0. The highest BCUT2D eigenvalue weighted by Gasteiger charge is 2.31. The van der Waals surface area contributed by atoms with Crippen molar-refractivity contribution in [1.29, 1.82) is 0 Å². The molecule has 0 aromatic heterocycles. The van der Waals surface area contributed by atoms with E-state index >= 15 is 0 Å². The average molecular weight is 309 g/mol. The fourth-order valence-corrected chi connectivity index (χ4v) is 1.74. The topological polar surface area (TPSA) is 47.9 Å². The zero-order chi connectivity index (χ0) is 16.2. The van der Waals surface area contributed by atoms with E-state index in [4.69, 9.17) is 9.47 Å². The van der Waals surface area contributed by atoms with Gasteiger partial charge in [0.1, 0.15) is 5.69 Å². The lowest BCUT2D eigenvalue weighted by atomic mass is 10.2. The summed E-state index contributed by atoms with van der Waals surface area (Å²) in [5.74, 6) is 0.663. The van der Waals surface area contributed by atoms with Gasteiger partial charge in [0.15, 0.2) is 17.2 Å². The first-order valence-electron chi connectivity index (χ1n) is 6.05. The van der Waals surface area contributed by atoms with Gasteiger partial charge in [0.25, 0.3) is 0 Å². The summed E-state index contributed by atoms with van der Waals surface area (Å²) in [6.45, 7) is 0. The van der Waals surface area contributed by atoms with Crippen molar-refractivity contribution < 1.29 is 27.4 Å². The van der Waals surface area contributed by atoms with Crippen LogP contribution in [0.3, 0.4) is 0 Å². The van der Waals surface area contributed by atoms with Crippen LogP contribution < -0.4 is 9.47 Å². The molecular weight excluding hydrogens is 299 g/mol. The normalized spacial score (nSPS) is 10.7. The zero-order valence-electron chi connectivity index (χ0n) is 11.3. The lowest BCUT2D eigenvalue weighted by Crippen LogP contribution is -2.04. The molecule has 0 spiro atoms. The van der Waals surface area contributed by atoms with Crippen molar-refractivity contribution in [3.8, 4) is 17.2 Å². The van der Waals surface area contributed by atoms with E-state index in [1.165, 1.54) is 13.2 Å². The number of nitrogens with zero attached hydrogens (tertiary/aromatic N) is 1. The van der Waals surface area contributed by atoms with Crippen molar-refractivity contribution in [1.82, 2.24) is 0 Å². The van der Waals surface area contributed by atoms with Crippen LogP contribution in [-0.4, -0.2) is 13.2 Å². The Morgan fingerprint density at radius 1 is 1.05 bits per heavy atom. The third-order valence-electron chi connectivity index (χ3n) is 2.74. The van der Waals surface area contributed by atoms with Crippen molar-refractivity contribution in [3.05, 3.63) is 48.0 Å². The summed E-state index contributed by atoms with van der Waals surface area (Å²) in [4.78, 5) is 13.7. The number of hydrogen-bond donors (Lipinski definition) is 0. The van der Waals surface area contributed by atoms with Crippen LogP contribution in [0.1, 0.15) is 5.56 Å². The number of ether oxygens (including phenoxy) is 2. The molecule has 0 amide bonds. The molecule has 0 atom stereocenters. The number of hydrogen-bond acceptors (Lipinski definition) is 4. The summed E-state index contributed by atoms with van der Waals surface area (Å²) in [5.41, 5.74) is -1.20. The third-order valence-corrected chi connectivity index (χ3v) is 2.74. The number of benzene rings is 2. The van der Waals surface area contributed by atoms with Crippen molar-refractivity contribution in [2.75, 3.05) is 7.11 Å². The molecule has 0 aliphatic carbocycles. The van der Waals surface area contributed by atoms with E-state index in [2.05, 4.69) is 4.99 Å². The van der Waals surface area contributed by atoms with Gasteiger partial charge >= 0.3 is 6.18 Å².